The molecule has 0 aromatic carbocycles. The zero-order valence-corrected chi connectivity index (χ0v) is 10.6. The number of aliphatic hydroxyl groups is 1. The Morgan fingerprint density at radius 2 is 1.94 bits per heavy atom. The highest BCUT2D eigenvalue weighted by Crippen LogP contribution is 2.02. The van der Waals surface area contributed by atoms with Crippen molar-refractivity contribution in [3.8, 4) is 0 Å². The molecule has 104 valence electrons. The molecule has 0 heterocycles. The summed E-state index contributed by atoms with van der Waals surface area (Å²) in [6.45, 7) is 1.64. The van der Waals surface area contributed by atoms with E-state index >= 15 is 0 Å². The van der Waals surface area contributed by atoms with Crippen molar-refractivity contribution >= 4 is 17.7 Å². The molecule has 0 aliphatic rings. The maximum absolute atomic E-state index is 11.4. The molecule has 0 aliphatic carbocycles. The van der Waals surface area contributed by atoms with Crippen molar-refractivity contribution in [1.82, 2.24) is 5.32 Å². The summed E-state index contributed by atoms with van der Waals surface area (Å²) in [5, 5.41) is 21.4. The van der Waals surface area contributed by atoms with E-state index < -0.39 is 17.9 Å². The van der Waals surface area contributed by atoms with Crippen LogP contribution >= 0.6 is 0 Å². The molecule has 0 aliphatic heterocycles. The fourth-order valence-corrected chi connectivity index (χ4v) is 1.46. The molecule has 0 aromatic rings. The van der Waals surface area contributed by atoms with Crippen molar-refractivity contribution in [1.29, 1.82) is 0 Å². The Balaban J connectivity index is 4.00. The first-order valence-electron chi connectivity index (χ1n) is 6.14. The van der Waals surface area contributed by atoms with Gasteiger partial charge in [0.1, 0.15) is 5.78 Å². The maximum atomic E-state index is 11.4. The lowest BCUT2D eigenvalue weighted by atomic mass is 10.1. The van der Waals surface area contributed by atoms with Crippen LogP contribution < -0.4 is 10.4 Å². The molecule has 0 bridgehead atoms. The average molecular weight is 258 g/mol. The Morgan fingerprint density at radius 3 is 2.44 bits per heavy atom. The summed E-state index contributed by atoms with van der Waals surface area (Å²) in [5.74, 6) is -2.31. The van der Waals surface area contributed by atoms with Crippen LogP contribution in [0.5, 0.6) is 0 Å². The first kappa shape index (κ1) is 16.6. The quantitative estimate of drug-likeness (QED) is 0.392. The van der Waals surface area contributed by atoms with Crippen molar-refractivity contribution in [3.05, 3.63) is 0 Å². The minimum absolute atomic E-state index is 0.127. The molecule has 0 rings (SSSR count). The summed E-state index contributed by atoms with van der Waals surface area (Å²) in [6.07, 6.45) is 2.54. The molecule has 0 unspecified atom stereocenters. The van der Waals surface area contributed by atoms with E-state index in [2.05, 4.69) is 5.32 Å². The Kier molecular flexibility index (Phi) is 8.82. The lowest BCUT2D eigenvalue weighted by Crippen LogP contribution is -2.48. The van der Waals surface area contributed by atoms with E-state index in [1.807, 2.05) is 6.92 Å². The Hall–Kier alpha value is -1.43. The predicted molar refractivity (Wildman–Crippen MR) is 62.4 cm³/mol. The number of carboxylic acid groups (broad SMARTS) is 1. The van der Waals surface area contributed by atoms with Gasteiger partial charge >= 0.3 is 0 Å². The third kappa shape index (κ3) is 7.78. The number of aliphatic hydroxyl groups excluding tert-OH is 1. The number of carbonyl (C=O) groups excluding carboxylic acids is 3. The van der Waals surface area contributed by atoms with Gasteiger partial charge in [-0.1, -0.05) is 19.8 Å². The van der Waals surface area contributed by atoms with E-state index in [0.29, 0.717) is 6.42 Å². The molecule has 0 fully saturated rings. The van der Waals surface area contributed by atoms with Gasteiger partial charge in [-0.15, -0.1) is 0 Å². The summed E-state index contributed by atoms with van der Waals surface area (Å²) < 4.78 is 0. The second-order valence-corrected chi connectivity index (χ2v) is 4.12. The summed E-state index contributed by atoms with van der Waals surface area (Å²) in [6, 6.07) is -1.24. The largest absolute Gasteiger partial charge is 0.548 e. The number of nitrogens with one attached hydrogen (secondary N) is 1. The lowest BCUT2D eigenvalue weighted by Gasteiger charge is -2.18. The number of hydrogen-bond acceptors (Lipinski definition) is 5. The third-order valence-corrected chi connectivity index (χ3v) is 2.45. The van der Waals surface area contributed by atoms with Gasteiger partial charge in [-0.2, -0.15) is 0 Å². The highest BCUT2D eigenvalue weighted by molar-refractivity contribution is 5.99. The third-order valence-electron chi connectivity index (χ3n) is 2.45. The van der Waals surface area contributed by atoms with Gasteiger partial charge in [-0.05, 0) is 12.8 Å². The van der Waals surface area contributed by atoms with Crippen molar-refractivity contribution < 1.29 is 24.6 Å². The van der Waals surface area contributed by atoms with E-state index in [0.717, 1.165) is 19.3 Å². The van der Waals surface area contributed by atoms with Gasteiger partial charge in [0, 0.05) is 13.0 Å². The fraction of sp³-hybridized carbons (Fsp3) is 0.750. The van der Waals surface area contributed by atoms with Gasteiger partial charge in [-0.25, -0.2) is 0 Å². The van der Waals surface area contributed by atoms with E-state index in [-0.39, 0.29) is 25.2 Å². The van der Waals surface area contributed by atoms with Gasteiger partial charge < -0.3 is 20.3 Å². The molecular weight excluding hydrogens is 238 g/mol. The van der Waals surface area contributed by atoms with Gasteiger partial charge in [0.05, 0.1) is 18.4 Å². The van der Waals surface area contributed by atoms with E-state index in [9.17, 15) is 19.5 Å². The molecule has 0 spiro atoms. The monoisotopic (exact) mass is 258 g/mol. The number of unbranched alkanes of at least 4 members (excludes halogenated alkanes) is 2. The molecule has 1 atom stereocenters. The number of Topliss-reactive ketones (excluding diaryl/α,β-unsaturated/α-hetero) is 1. The zero-order valence-electron chi connectivity index (χ0n) is 10.6. The zero-order chi connectivity index (χ0) is 14.0. The number of hydrogen-bond donors (Lipinski definition) is 2. The second-order valence-electron chi connectivity index (χ2n) is 4.12. The molecule has 18 heavy (non-hydrogen) atoms. The molecule has 0 aromatic heterocycles. The first-order valence-corrected chi connectivity index (χ1v) is 6.14. The highest BCUT2D eigenvalue weighted by Gasteiger charge is 2.15. The van der Waals surface area contributed by atoms with Gasteiger partial charge in [0.2, 0.25) is 5.91 Å². The Labute approximate surface area is 106 Å². The maximum Gasteiger partial charge on any atom is 0.227 e. The van der Waals surface area contributed by atoms with Crippen molar-refractivity contribution in [3.63, 3.8) is 0 Å². The molecule has 0 saturated heterocycles. The first-order chi connectivity index (χ1) is 8.51. The van der Waals surface area contributed by atoms with E-state index in [1.54, 1.807) is 0 Å². The van der Waals surface area contributed by atoms with Gasteiger partial charge in [0.25, 0.3) is 0 Å². The normalized spacial score (nSPS) is 11.9. The average Bonchev–Trinajstić information content (AvgIpc) is 2.28. The molecule has 6 heteroatoms. The topological polar surface area (TPSA) is 107 Å². The SMILES string of the molecule is CCCCCC(=O)CC(=O)N[C@@H](CCO)C(=O)[O-]. The van der Waals surface area contributed by atoms with Crippen LogP contribution in [0.3, 0.4) is 0 Å². The van der Waals surface area contributed by atoms with E-state index in [4.69, 9.17) is 5.11 Å². The minimum Gasteiger partial charge on any atom is -0.548 e. The summed E-state index contributed by atoms with van der Waals surface area (Å²) in [4.78, 5) is 33.3. The number of carboxylic acids is 1. The van der Waals surface area contributed by atoms with Crippen molar-refractivity contribution in [2.75, 3.05) is 6.61 Å². The smallest absolute Gasteiger partial charge is 0.227 e. The van der Waals surface area contributed by atoms with E-state index in [1.165, 1.54) is 0 Å². The summed E-state index contributed by atoms with van der Waals surface area (Å²) in [5.41, 5.74) is 0. The predicted octanol–water partition coefficient (Wildman–Crippen LogP) is -0.857. The van der Waals surface area contributed by atoms with Crippen molar-refractivity contribution in [2.24, 2.45) is 0 Å². The van der Waals surface area contributed by atoms with Crippen LogP contribution in [0, 0.1) is 0 Å². The van der Waals surface area contributed by atoms with Crippen molar-refractivity contribution in [2.45, 2.75) is 51.5 Å². The van der Waals surface area contributed by atoms with Crippen LogP contribution in [-0.4, -0.2) is 35.4 Å². The lowest BCUT2D eigenvalue weighted by molar-refractivity contribution is -0.308. The van der Waals surface area contributed by atoms with Crippen LogP contribution in [0.4, 0.5) is 0 Å². The van der Waals surface area contributed by atoms with Crippen LogP contribution in [0.15, 0.2) is 0 Å². The number of rotatable bonds is 10. The standard InChI is InChI=1S/C12H21NO5/c1-2-3-4-5-9(15)8-11(16)13-10(6-7-14)12(17)18/h10,14H,2-8H2,1H3,(H,13,16)(H,17,18)/p-1/t10-/m0/s1. The van der Waals surface area contributed by atoms with Crippen LogP contribution in [-0.2, 0) is 14.4 Å². The fourth-order valence-electron chi connectivity index (χ4n) is 1.46. The van der Waals surface area contributed by atoms with Crippen LogP contribution in [0.1, 0.15) is 45.4 Å². The number of carbonyl (C=O) groups is 3. The van der Waals surface area contributed by atoms with Crippen LogP contribution in [0.2, 0.25) is 0 Å². The second kappa shape index (κ2) is 9.58. The molecular formula is C12H20NO5-. The highest BCUT2D eigenvalue weighted by atomic mass is 16.4. The number of amides is 1. The molecule has 2 N–H and O–H groups in total. The van der Waals surface area contributed by atoms with Gasteiger partial charge in [0.15, 0.2) is 0 Å². The molecule has 0 radical (unpaired) electrons. The molecule has 1 amide bonds. The number of aliphatic carboxylic acids is 1. The Bertz CT molecular complexity index is 290. The van der Waals surface area contributed by atoms with Gasteiger partial charge in [-0.3, -0.25) is 9.59 Å². The summed E-state index contributed by atoms with van der Waals surface area (Å²) in [7, 11) is 0. The van der Waals surface area contributed by atoms with Crippen LogP contribution in [0.25, 0.3) is 0 Å². The molecule has 0 saturated carbocycles. The molecule has 6 nitrogen and oxygen atoms in total. The minimum atomic E-state index is -1.46. The number of ketones is 1. The summed E-state index contributed by atoms with van der Waals surface area (Å²) >= 11 is 0. The Morgan fingerprint density at radius 1 is 1.28 bits per heavy atom.